The highest BCUT2D eigenvalue weighted by Crippen LogP contribution is 2.63. The Bertz CT molecular complexity index is 3110. The number of rotatable bonds is 4. The minimum atomic E-state index is -0.454. The van der Waals surface area contributed by atoms with Gasteiger partial charge in [-0.25, -0.2) is 15.0 Å². The van der Waals surface area contributed by atoms with Gasteiger partial charge in [0, 0.05) is 33.2 Å². The first-order chi connectivity index (χ1) is 27.8. The van der Waals surface area contributed by atoms with Crippen LogP contribution >= 0.6 is 0 Å². The lowest BCUT2D eigenvalue weighted by molar-refractivity contribution is 0.794. The minimum Gasteiger partial charge on any atom is -0.309 e. The highest BCUT2D eigenvalue weighted by molar-refractivity contribution is 6.09. The average molecular weight is 713 g/mol. The Hall–Kier alpha value is -7.43. The largest absolute Gasteiger partial charge is 0.309 e. The van der Waals surface area contributed by atoms with Crippen molar-refractivity contribution in [2.24, 2.45) is 0 Å². The number of para-hydroxylation sites is 2. The van der Waals surface area contributed by atoms with Crippen molar-refractivity contribution in [2.45, 2.75) is 5.41 Å². The predicted octanol–water partition coefficient (Wildman–Crippen LogP) is 12.3. The maximum absolute atomic E-state index is 5.37. The Balaban J connectivity index is 1.10. The molecule has 0 amide bonds. The molecule has 56 heavy (non-hydrogen) atoms. The van der Waals surface area contributed by atoms with Gasteiger partial charge in [-0.05, 0) is 68.8 Å². The van der Waals surface area contributed by atoms with E-state index in [2.05, 4.69) is 180 Å². The van der Waals surface area contributed by atoms with Gasteiger partial charge >= 0.3 is 0 Å². The number of hydrogen-bond acceptors (Lipinski definition) is 3. The molecule has 0 radical (unpaired) electrons. The van der Waals surface area contributed by atoms with Gasteiger partial charge in [-0.2, -0.15) is 0 Å². The zero-order valence-corrected chi connectivity index (χ0v) is 30.3. The van der Waals surface area contributed by atoms with Gasteiger partial charge < -0.3 is 4.57 Å². The summed E-state index contributed by atoms with van der Waals surface area (Å²) in [5.41, 5.74) is 15.9. The SMILES string of the molecule is c1ccc(-c2nc(-c3cccc(-n4c5ccccc5c5ccccc54)c3)nc(-c3cccc4c3-c3ccccc3C43c4ccccc4-c4ccccc43)n2)cc1. The zero-order chi connectivity index (χ0) is 36.8. The van der Waals surface area contributed by atoms with E-state index in [9.17, 15) is 0 Å². The number of nitrogens with zero attached hydrogens (tertiary/aromatic N) is 4. The summed E-state index contributed by atoms with van der Waals surface area (Å²) in [6.07, 6.45) is 0. The number of fused-ring (bicyclic) bond motifs is 13. The fraction of sp³-hybridized carbons (Fsp3) is 0.0192. The third-order valence-electron chi connectivity index (χ3n) is 11.9. The molecule has 4 heteroatoms. The van der Waals surface area contributed by atoms with Gasteiger partial charge in [0.15, 0.2) is 17.5 Å². The van der Waals surface area contributed by atoms with Gasteiger partial charge in [-0.3, -0.25) is 0 Å². The quantitative estimate of drug-likeness (QED) is 0.182. The van der Waals surface area contributed by atoms with Gasteiger partial charge in [0.25, 0.3) is 0 Å². The molecular weight excluding hydrogens is 681 g/mol. The first-order valence-corrected chi connectivity index (χ1v) is 19.1. The van der Waals surface area contributed by atoms with E-state index in [4.69, 9.17) is 15.0 Å². The lowest BCUT2D eigenvalue weighted by Gasteiger charge is -2.30. The molecule has 260 valence electrons. The molecule has 2 aliphatic rings. The van der Waals surface area contributed by atoms with Crippen molar-refractivity contribution in [3.8, 4) is 62.1 Å². The summed E-state index contributed by atoms with van der Waals surface area (Å²) < 4.78 is 2.34. The zero-order valence-electron chi connectivity index (χ0n) is 30.3. The summed E-state index contributed by atoms with van der Waals surface area (Å²) in [7, 11) is 0. The molecule has 0 saturated carbocycles. The maximum atomic E-state index is 5.37. The molecule has 0 atom stereocenters. The van der Waals surface area contributed by atoms with E-state index < -0.39 is 5.41 Å². The van der Waals surface area contributed by atoms with E-state index in [0.29, 0.717) is 17.5 Å². The smallest absolute Gasteiger partial charge is 0.164 e. The predicted molar refractivity (Wildman–Crippen MR) is 227 cm³/mol. The molecule has 4 nitrogen and oxygen atoms in total. The lowest BCUT2D eigenvalue weighted by atomic mass is 9.70. The van der Waals surface area contributed by atoms with Crippen LogP contribution in [-0.4, -0.2) is 19.5 Å². The van der Waals surface area contributed by atoms with E-state index >= 15 is 0 Å². The molecule has 0 aliphatic heterocycles. The van der Waals surface area contributed by atoms with Gasteiger partial charge in [0.2, 0.25) is 0 Å². The Morgan fingerprint density at radius 1 is 0.339 bits per heavy atom. The standard InChI is InChI=1S/C52H32N4/c1-2-16-33(17-3-1)49-53-50(34-18-14-19-35(32-34)56-46-30-12-7-22-38(46)39-23-8-13-31-47(39)56)55-51(54-49)41-25-15-29-45-48(41)40-24-6-11-28-44(40)52(45)42-26-9-4-20-36(42)37-21-5-10-27-43(37)52/h1-32H. The van der Waals surface area contributed by atoms with Crippen molar-refractivity contribution in [1.29, 1.82) is 0 Å². The summed E-state index contributed by atoms with van der Waals surface area (Å²) in [6.45, 7) is 0. The van der Waals surface area contributed by atoms with Crippen LogP contribution in [0.5, 0.6) is 0 Å². The molecule has 2 heterocycles. The normalized spacial score (nSPS) is 13.1. The maximum Gasteiger partial charge on any atom is 0.164 e. The van der Waals surface area contributed by atoms with Crippen LogP contribution < -0.4 is 0 Å². The highest BCUT2D eigenvalue weighted by Gasteiger charge is 2.52. The van der Waals surface area contributed by atoms with Crippen LogP contribution in [0.2, 0.25) is 0 Å². The van der Waals surface area contributed by atoms with Crippen LogP contribution in [0, 0.1) is 0 Å². The molecule has 2 aliphatic carbocycles. The molecule has 8 aromatic carbocycles. The second kappa shape index (κ2) is 11.8. The third kappa shape index (κ3) is 4.21. The van der Waals surface area contributed by atoms with E-state index in [-0.39, 0.29) is 0 Å². The van der Waals surface area contributed by atoms with Gasteiger partial charge in [0.1, 0.15) is 0 Å². The summed E-state index contributed by atoms with van der Waals surface area (Å²) in [6, 6.07) is 69.5. The third-order valence-corrected chi connectivity index (χ3v) is 11.9. The topological polar surface area (TPSA) is 43.6 Å². The molecule has 0 bridgehead atoms. The second-order valence-corrected chi connectivity index (χ2v) is 14.7. The monoisotopic (exact) mass is 712 g/mol. The van der Waals surface area contributed by atoms with Crippen LogP contribution in [0.15, 0.2) is 194 Å². The van der Waals surface area contributed by atoms with Crippen LogP contribution in [-0.2, 0) is 5.41 Å². The van der Waals surface area contributed by atoms with Gasteiger partial charge in [-0.15, -0.1) is 0 Å². The Morgan fingerprint density at radius 2 is 0.804 bits per heavy atom. The fourth-order valence-corrected chi connectivity index (χ4v) is 9.66. The first-order valence-electron chi connectivity index (χ1n) is 19.1. The fourth-order valence-electron chi connectivity index (χ4n) is 9.66. The summed E-state index contributed by atoms with van der Waals surface area (Å²) in [5, 5.41) is 2.46. The number of benzene rings is 8. The number of hydrogen-bond donors (Lipinski definition) is 0. The molecule has 0 fully saturated rings. The first kappa shape index (κ1) is 31.0. The molecular formula is C52H32N4. The van der Waals surface area contributed by atoms with Crippen molar-refractivity contribution >= 4 is 21.8 Å². The molecule has 12 rings (SSSR count). The summed E-state index contributed by atoms with van der Waals surface area (Å²) in [5.74, 6) is 1.93. The van der Waals surface area contributed by atoms with E-state index in [1.54, 1.807) is 0 Å². The Morgan fingerprint density at radius 3 is 1.48 bits per heavy atom. The summed E-state index contributed by atoms with van der Waals surface area (Å²) >= 11 is 0. The van der Waals surface area contributed by atoms with Crippen LogP contribution in [0.25, 0.3) is 83.9 Å². The molecule has 0 unspecified atom stereocenters. The van der Waals surface area contributed by atoms with Crippen LogP contribution in [0.4, 0.5) is 0 Å². The van der Waals surface area contributed by atoms with Crippen molar-refractivity contribution < 1.29 is 0 Å². The second-order valence-electron chi connectivity index (χ2n) is 14.7. The molecule has 2 aromatic heterocycles. The average Bonchev–Trinajstić information content (AvgIpc) is 3.89. The minimum absolute atomic E-state index is 0.454. The van der Waals surface area contributed by atoms with Gasteiger partial charge in [-0.1, -0.05) is 170 Å². The van der Waals surface area contributed by atoms with Crippen molar-refractivity contribution in [3.63, 3.8) is 0 Å². The van der Waals surface area contributed by atoms with Crippen LogP contribution in [0.3, 0.4) is 0 Å². The Kier molecular flexibility index (Phi) is 6.52. The summed E-state index contributed by atoms with van der Waals surface area (Å²) in [4.78, 5) is 15.8. The van der Waals surface area contributed by atoms with Crippen molar-refractivity contribution in [1.82, 2.24) is 19.5 Å². The van der Waals surface area contributed by atoms with Crippen LogP contribution in [0.1, 0.15) is 22.3 Å². The highest BCUT2D eigenvalue weighted by atomic mass is 15.0. The Labute approximate surface area is 324 Å². The van der Waals surface area contributed by atoms with Gasteiger partial charge in [0.05, 0.1) is 16.4 Å². The van der Waals surface area contributed by atoms with Crippen molar-refractivity contribution in [2.75, 3.05) is 0 Å². The molecule has 0 saturated heterocycles. The van der Waals surface area contributed by atoms with E-state index in [0.717, 1.165) is 33.4 Å². The van der Waals surface area contributed by atoms with E-state index in [1.165, 1.54) is 55.3 Å². The molecule has 1 spiro atoms. The van der Waals surface area contributed by atoms with E-state index in [1.807, 2.05) is 18.2 Å². The number of aromatic nitrogens is 4. The molecule has 10 aromatic rings. The van der Waals surface area contributed by atoms with Crippen molar-refractivity contribution in [3.05, 3.63) is 216 Å². The lowest BCUT2D eigenvalue weighted by Crippen LogP contribution is -2.25. The molecule has 0 N–H and O–H groups in total.